The number of amides is 2. The van der Waals surface area contributed by atoms with E-state index in [2.05, 4.69) is 10.6 Å². The highest BCUT2D eigenvalue weighted by Crippen LogP contribution is 2.17. The maximum Gasteiger partial charge on any atom is 0.326 e. The third kappa shape index (κ3) is 4.52. The number of likely N-dealkylation sites (tertiary alicyclic amines) is 1. The lowest BCUT2D eigenvalue weighted by atomic mass is 10.0. The Morgan fingerprint density at radius 1 is 1.33 bits per heavy atom. The minimum atomic E-state index is -0.905. The van der Waals surface area contributed by atoms with Gasteiger partial charge in [0.1, 0.15) is 6.04 Å². The van der Waals surface area contributed by atoms with Gasteiger partial charge < -0.3 is 20.6 Å². The van der Waals surface area contributed by atoms with Gasteiger partial charge in [0.15, 0.2) is 0 Å². The lowest BCUT2D eigenvalue weighted by molar-refractivity contribution is -0.143. The average Bonchev–Trinajstić information content (AvgIpc) is 2.38. The Hall–Kier alpha value is -1.30. The number of carbonyl (C=O) groups excluding carboxylic acids is 1. The SMILES string of the molecule is CCNCCCNC(=O)N1CCCCC1C(=O)O. The predicted octanol–water partition coefficient (Wildman–Crippen LogP) is 0.635. The molecule has 0 radical (unpaired) electrons. The Balaban J connectivity index is 2.32. The lowest BCUT2D eigenvalue weighted by Gasteiger charge is -2.32. The summed E-state index contributed by atoms with van der Waals surface area (Å²) in [5.74, 6) is -0.905. The summed E-state index contributed by atoms with van der Waals surface area (Å²) in [6.45, 7) is 4.93. The van der Waals surface area contributed by atoms with Gasteiger partial charge in [0, 0.05) is 13.1 Å². The zero-order chi connectivity index (χ0) is 13.4. The molecule has 0 aromatic carbocycles. The summed E-state index contributed by atoms with van der Waals surface area (Å²) in [7, 11) is 0. The van der Waals surface area contributed by atoms with Crippen molar-refractivity contribution in [1.82, 2.24) is 15.5 Å². The Labute approximate surface area is 108 Å². The van der Waals surface area contributed by atoms with Gasteiger partial charge >= 0.3 is 12.0 Å². The van der Waals surface area contributed by atoms with Crippen molar-refractivity contribution in [3.05, 3.63) is 0 Å². The zero-order valence-corrected chi connectivity index (χ0v) is 10.9. The summed E-state index contributed by atoms with van der Waals surface area (Å²) < 4.78 is 0. The summed E-state index contributed by atoms with van der Waals surface area (Å²) >= 11 is 0. The van der Waals surface area contributed by atoms with Crippen LogP contribution < -0.4 is 10.6 Å². The van der Waals surface area contributed by atoms with Crippen LogP contribution in [0, 0.1) is 0 Å². The van der Waals surface area contributed by atoms with Crippen LogP contribution in [0.15, 0.2) is 0 Å². The van der Waals surface area contributed by atoms with Crippen LogP contribution in [-0.4, -0.2) is 54.2 Å². The normalized spacial score (nSPS) is 19.6. The fourth-order valence-electron chi connectivity index (χ4n) is 2.12. The smallest absolute Gasteiger partial charge is 0.326 e. The molecule has 0 aromatic rings. The molecule has 3 N–H and O–H groups in total. The van der Waals surface area contributed by atoms with E-state index in [0.29, 0.717) is 19.5 Å². The van der Waals surface area contributed by atoms with Crippen LogP contribution in [0.5, 0.6) is 0 Å². The quantitative estimate of drug-likeness (QED) is 0.610. The number of nitrogens with zero attached hydrogens (tertiary/aromatic N) is 1. The molecule has 0 bridgehead atoms. The van der Waals surface area contributed by atoms with E-state index < -0.39 is 12.0 Å². The van der Waals surface area contributed by atoms with E-state index in [1.54, 1.807) is 0 Å². The van der Waals surface area contributed by atoms with Crippen LogP contribution in [0.2, 0.25) is 0 Å². The molecule has 2 amide bonds. The number of nitrogens with one attached hydrogen (secondary N) is 2. The predicted molar refractivity (Wildman–Crippen MR) is 68.5 cm³/mol. The molecule has 1 fully saturated rings. The molecule has 104 valence electrons. The molecule has 6 heteroatoms. The molecule has 0 saturated carbocycles. The number of hydrogen-bond acceptors (Lipinski definition) is 3. The van der Waals surface area contributed by atoms with Gasteiger partial charge in [0.2, 0.25) is 0 Å². The highest BCUT2D eigenvalue weighted by molar-refractivity contribution is 5.82. The van der Waals surface area contributed by atoms with Gasteiger partial charge in [-0.25, -0.2) is 9.59 Å². The molecule has 1 rings (SSSR count). The van der Waals surface area contributed by atoms with Gasteiger partial charge in [-0.3, -0.25) is 0 Å². The van der Waals surface area contributed by atoms with Crippen molar-refractivity contribution in [3.8, 4) is 0 Å². The van der Waals surface area contributed by atoms with Gasteiger partial charge in [-0.15, -0.1) is 0 Å². The van der Waals surface area contributed by atoms with Crippen LogP contribution >= 0.6 is 0 Å². The van der Waals surface area contributed by atoms with Gasteiger partial charge in [0.05, 0.1) is 0 Å². The number of rotatable bonds is 6. The molecule has 1 atom stereocenters. The van der Waals surface area contributed by atoms with Crippen LogP contribution in [-0.2, 0) is 4.79 Å². The molecule has 1 unspecified atom stereocenters. The first kappa shape index (κ1) is 14.8. The van der Waals surface area contributed by atoms with Crippen molar-refractivity contribution in [2.24, 2.45) is 0 Å². The third-order valence-corrected chi connectivity index (χ3v) is 3.11. The number of carboxylic acid groups (broad SMARTS) is 1. The molecule has 6 nitrogen and oxygen atoms in total. The second-order valence-corrected chi connectivity index (χ2v) is 4.48. The van der Waals surface area contributed by atoms with Crippen LogP contribution in [0.1, 0.15) is 32.6 Å². The Kier molecular flexibility index (Phi) is 6.49. The number of aliphatic carboxylic acids is 1. The zero-order valence-electron chi connectivity index (χ0n) is 10.9. The van der Waals surface area contributed by atoms with Crippen LogP contribution in [0.25, 0.3) is 0 Å². The highest BCUT2D eigenvalue weighted by Gasteiger charge is 2.31. The topological polar surface area (TPSA) is 81.7 Å². The summed E-state index contributed by atoms with van der Waals surface area (Å²) in [4.78, 5) is 24.4. The summed E-state index contributed by atoms with van der Waals surface area (Å²) in [6, 6.07) is -0.911. The lowest BCUT2D eigenvalue weighted by Crippen LogP contribution is -2.52. The van der Waals surface area contributed by atoms with E-state index in [1.165, 1.54) is 4.90 Å². The molecule has 1 saturated heterocycles. The Bertz CT molecular complexity index is 284. The molecular formula is C12H23N3O3. The fraction of sp³-hybridized carbons (Fsp3) is 0.833. The van der Waals surface area contributed by atoms with Gasteiger partial charge in [-0.2, -0.15) is 0 Å². The minimum absolute atomic E-state index is 0.251. The van der Waals surface area contributed by atoms with E-state index in [-0.39, 0.29) is 6.03 Å². The van der Waals surface area contributed by atoms with E-state index in [1.807, 2.05) is 6.92 Å². The first-order chi connectivity index (χ1) is 8.66. The molecular weight excluding hydrogens is 234 g/mol. The first-order valence-corrected chi connectivity index (χ1v) is 6.64. The van der Waals surface area contributed by atoms with Gasteiger partial charge in [-0.05, 0) is 38.8 Å². The van der Waals surface area contributed by atoms with E-state index in [4.69, 9.17) is 5.11 Å². The minimum Gasteiger partial charge on any atom is -0.480 e. The third-order valence-electron chi connectivity index (χ3n) is 3.11. The molecule has 18 heavy (non-hydrogen) atoms. The first-order valence-electron chi connectivity index (χ1n) is 6.64. The van der Waals surface area contributed by atoms with Crippen LogP contribution in [0.4, 0.5) is 4.79 Å². The maximum absolute atomic E-state index is 11.9. The number of urea groups is 1. The number of piperidine rings is 1. The Morgan fingerprint density at radius 2 is 2.11 bits per heavy atom. The fourth-order valence-corrected chi connectivity index (χ4v) is 2.12. The van der Waals surface area contributed by atoms with Crippen molar-refractivity contribution in [2.75, 3.05) is 26.2 Å². The van der Waals surface area contributed by atoms with Gasteiger partial charge in [-0.1, -0.05) is 6.92 Å². The number of hydrogen-bond donors (Lipinski definition) is 3. The van der Waals surface area contributed by atoms with E-state index in [0.717, 1.165) is 32.4 Å². The second kappa shape index (κ2) is 7.92. The summed E-state index contributed by atoms with van der Waals surface area (Å²) in [5, 5.41) is 15.0. The molecule has 1 aliphatic heterocycles. The van der Waals surface area contributed by atoms with Crippen molar-refractivity contribution >= 4 is 12.0 Å². The highest BCUT2D eigenvalue weighted by atomic mass is 16.4. The van der Waals surface area contributed by atoms with Crippen molar-refractivity contribution < 1.29 is 14.7 Å². The van der Waals surface area contributed by atoms with E-state index >= 15 is 0 Å². The standard InChI is InChI=1S/C12H23N3O3/c1-2-13-7-5-8-14-12(18)15-9-4-3-6-10(15)11(16)17/h10,13H,2-9H2,1H3,(H,14,18)(H,16,17). The van der Waals surface area contributed by atoms with Crippen molar-refractivity contribution in [3.63, 3.8) is 0 Å². The van der Waals surface area contributed by atoms with E-state index in [9.17, 15) is 9.59 Å². The Morgan fingerprint density at radius 3 is 2.78 bits per heavy atom. The van der Waals surface area contributed by atoms with Crippen molar-refractivity contribution in [1.29, 1.82) is 0 Å². The van der Waals surface area contributed by atoms with Gasteiger partial charge in [0.25, 0.3) is 0 Å². The monoisotopic (exact) mass is 257 g/mol. The second-order valence-electron chi connectivity index (χ2n) is 4.48. The average molecular weight is 257 g/mol. The van der Waals surface area contributed by atoms with Crippen LogP contribution in [0.3, 0.4) is 0 Å². The number of carbonyl (C=O) groups is 2. The largest absolute Gasteiger partial charge is 0.480 e. The summed E-state index contributed by atoms with van der Waals surface area (Å²) in [5.41, 5.74) is 0. The molecule has 1 aliphatic rings. The molecule has 0 spiro atoms. The number of carboxylic acids is 1. The molecule has 0 aliphatic carbocycles. The molecule has 0 aromatic heterocycles. The van der Waals surface area contributed by atoms with Crippen molar-refractivity contribution in [2.45, 2.75) is 38.6 Å². The summed E-state index contributed by atoms with van der Waals surface area (Å²) in [6.07, 6.45) is 3.17. The molecule has 1 heterocycles. The maximum atomic E-state index is 11.9.